The van der Waals surface area contributed by atoms with E-state index in [1.807, 2.05) is 0 Å². The fourth-order valence-corrected chi connectivity index (χ4v) is 2.31. The number of carbonyl (C=O) groups is 2. The lowest BCUT2D eigenvalue weighted by Crippen LogP contribution is -2.34. The molecule has 21 heavy (non-hydrogen) atoms. The number of amides is 1. The van der Waals surface area contributed by atoms with Gasteiger partial charge >= 0.3 is 5.97 Å². The summed E-state index contributed by atoms with van der Waals surface area (Å²) < 4.78 is 10.3. The molecule has 1 amide bonds. The molecule has 7 heteroatoms. The Morgan fingerprint density at radius 1 is 1.38 bits per heavy atom. The minimum Gasteiger partial charge on any atom is -0.452 e. The Morgan fingerprint density at radius 2 is 2.19 bits per heavy atom. The van der Waals surface area contributed by atoms with Crippen LogP contribution in [-0.4, -0.2) is 37.7 Å². The van der Waals surface area contributed by atoms with Crippen LogP contribution in [0.5, 0.6) is 0 Å². The number of nitrogens with one attached hydrogen (secondary N) is 1. The Morgan fingerprint density at radius 3 is 2.90 bits per heavy atom. The van der Waals surface area contributed by atoms with Gasteiger partial charge in [-0.05, 0) is 31.0 Å². The highest BCUT2D eigenvalue weighted by atomic mass is 35.5. The predicted octanol–water partition coefficient (Wildman–Crippen LogP) is 2.45. The van der Waals surface area contributed by atoms with E-state index in [0.717, 1.165) is 19.4 Å². The summed E-state index contributed by atoms with van der Waals surface area (Å²) in [5.74, 6) is -1.06. The van der Waals surface area contributed by atoms with E-state index >= 15 is 0 Å². The fraction of sp³-hybridized carbons (Fsp3) is 0.429. The van der Waals surface area contributed by atoms with E-state index in [1.165, 1.54) is 12.1 Å². The summed E-state index contributed by atoms with van der Waals surface area (Å²) in [6.45, 7) is 0.783. The van der Waals surface area contributed by atoms with Crippen LogP contribution in [0.3, 0.4) is 0 Å². The van der Waals surface area contributed by atoms with Gasteiger partial charge in [0.2, 0.25) is 0 Å². The van der Waals surface area contributed by atoms with E-state index in [4.69, 9.17) is 32.7 Å². The number of esters is 1. The van der Waals surface area contributed by atoms with Crippen molar-refractivity contribution < 1.29 is 19.1 Å². The topological polar surface area (TPSA) is 64.6 Å². The number of ether oxygens (including phenoxy) is 2. The predicted molar refractivity (Wildman–Crippen MR) is 78.7 cm³/mol. The van der Waals surface area contributed by atoms with Gasteiger partial charge in [-0.2, -0.15) is 0 Å². The maximum Gasteiger partial charge on any atom is 0.340 e. The highest BCUT2D eigenvalue weighted by molar-refractivity contribution is 6.35. The molecule has 1 aromatic carbocycles. The second-order valence-electron chi connectivity index (χ2n) is 4.64. The van der Waals surface area contributed by atoms with E-state index in [1.54, 1.807) is 6.07 Å². The maximum absolute atomic E-state index is 11.8. The fourth-order valence-electron chi connectivity index (χ4n) is 1.95. The van der Waals surface area contributed by atoms with Crippen LogP contribution in [0.2, 0.25) is 10.0 Å². The molecular formula is C14H15Cl2NO4. The molecule has 1 aliphatic heterocycles. The van der Waals surface area contributed by atoms with Gasteiger partial charge in [0.05, 0.1) is 16.7 Å². The highest BCUT2D eigenvalue weighted by Gasteiger charge is 2.17. The van der Waals surface area contributed by atoms with E-state index in [0.29, 0.717) is 11.6 Å². The first-order chi connectivity index (χ1) is 10.1. The summed E-state index contributed by atoms with van der Waals surface area (Å²) in [6.07, 6.45) is 1.98. The van der Waals surface area contributed by atoms with Crippen LogP contribution < -0.4 is 5.32 Å². The van der Waals surface area contributed by atoms with Crippen LogP contribution in [0, 0.1) is 0 Å². The lowest BCUT2D eigenvalue weighted by molar-refractivity contribution is -0.124. The van der Waals surface area contributed by atoms with Gasteiger partial charge in [0.15, 0.2) is 6.61 Å². The zero-order valence-electron chi connectivity index (χ0n) is 11.2. The van der Waals surface area contributed by atoms with Gasteiger partial charge in [-0.3, -0.25) is 4.79 Å². The second kappa shape index (κ2) is 7.64. The summed E-state index contributed by atoms with van der Waals surface area (Å²) in [6, 6.07) is 4.46. The lowest BCUT2D eigenvalue weighted by Gasteiger charge is -2.11. The van der Waals surface area contributed by atoms with Gasteiger partial charge in [-0.25, -0.2) is 4.79 Å². The molecule has 0 aromatic heterocycles. The Bertz CT molecular complexity index is 530. The molecule has 1 heterocycles. The van der Waals surface area contributed by atoms with Gasteiger partial charge in [0.25, 0.3) is 5.91 Å². The van der Waals surface area contributed by atoms with Crippen molar-refractivity contribution in [3.05, 3.63) is 33.8 Å². The van der Waals surface area contributed by atoms with Crippen LogP contribution >= 0.6 is 23.2 Å². The van der Waals surface area contributed by atoms with E-state index in [9.17, 15) is 9.59 Å². The van der Waals surface area contributed by atoms with Crippen LogP contribution in [0.25, 0.3) is 0 Å². The third kappa shape index (κ3) is 4.88. The standard InChI is InChI=1S/C14H15Cl2NO4/c15-9-3-4-12(16)11(6-9)14(19)21-8-13(18)17-7-10-2-1-5-20-10/h3-4,6,10H,1-2,5,7-8H2,(H,17,18)/t10-/m1/s1. The van der Waals surface area contributed by atoms with Crippen molar-refractivity contribution in [1.82, 2.24) is 5.32 Å². The average molecular weight is 332 g/mol. The maximum atomic E-state index is 11.8. The lowest BCUT2D eigenvalue weighted by atomic mass is 10.2. The Labute approximate surface area is 132 Å². The van der Waals surface area contributed by atoms with Gasteiger partial charge in [-0.1, -0.05) is 23.2 Å². The summed E-state index contributed by atoms with van der Waals surface area (Å²) in [7, 11) is 0. The first-order valence-corrected chi connectivity index (χ1v) is 7.32. The molecule has 1 fully saturated rings. The molecule has 1 atom stereocenters. The molecule has 1 saturated heterocycles. The highest BCUT2D eigenvalue weighted by Crippen LogP contribution is 2.21. The monoisotopic (exact) mass is 331 g/mol. The van der Waals surface area contributed by atoms with Crippen molar-refractivity contribution in [3.8, 4) is 0 Å². The van der Waals surface area contributed by atoms with Crippen LogP contribution in [0.1, 0.15) is 23.2 Å². The number of benzene rings is 1. The van der Waals surface area contributed by atoms with E-state index in [2.05, 4.69) is 5.32 Å². The Kier molecular flexibility index (Phi) is 5.85. The minimum absolute atomic E-state index is 0.0482. The molecule has 1 N–H and O–H groups in total. The molecule has 0 spiro atoms. The van der Waals surface area contributed by atoms with E-state index in [-0.39, 0.29) is 29.2 Å². The van der Waals surface area contributed by atoms with Crippen molar-refractivity contribution in [2.75, 3.05) is 19.8 Å². The number of hydrogen-bond acceptors (Lipinski definition) is 4. The molecule has 114 valence electrons. The summed E-state index contributed by atoms with van der Waals surface area (Å²) in [4.78, 5) is 23.4. The summed E-state index contributed by atoms with van der Waals surface area (Å²) in [5, 5.41) is 3.25. The molecule has 0 bridgehead atoms. The second-order valence-corrected chi connectivity index (χ2v) is 5.48. The van der Waals surface area contributed by atoms with Crippen LogP contribution in [0.4, 0.5) is 0 Å². The quantitative estimate of drug-likeness (QED) is 0.841. The molecule has 2 rings (SSSR count). The molecule has 1 aliphatic rings. The molecule has 5 nitrogen and oxygen atoms in total. The molecule has 0 aliphatic carbocycles. The first-order valence-electron chi connectivity index (χ1n) is 6.57. The van der Waals surface area contributed by atoms with E-state index < -0.39 is 5.97 Å². The zero-order chi connectivity index (χ0) is 15.2. The van der Waals surface area contributed by atoms with Gasteiger partial charge < -0.3 is 14.8 Å². The zero-order valence-corrected chi connectivity index (χ0v) is 12.7. The van der Waals surface area contributed by atoms with Gasteiger partial charge in [0, 0.05) is 18.2 Å². The Hall–Kier alpha value is -1.30. The average Bonchev–Trinajstić information content (AvgIpc) is 2.98. The van der Waals surface area contributed by atoms with Gasteiger partial charge in [-0.15, -0.1) is 0 Å². The number of hydrogen-bond donors (Lipinski definition) is 1. The van der Waals surface area contributed by atoms with Crippen molar-refractivity contribution in [2.45, 2.75) is 18.9 Å². The molecule has 1 aromatic rings. The minimum atomic E-state index is -0.685. The third-order valence-electron chi connectivity index (χ3n) is 3.03. The Balaban J connectivity index is 1.77. The number of rotatable bonds is 5. The summed E-state index contributed by atoms with van der Waals surface area (Å²) >= 11 is 11.7. The largest absolute Gasteiger partial charge is 0.452 e. The molecule has 0 radical (unpaired) electrons. The number of carbonyl (C=O) groups excluding carboxylic acids is 2. The van der Waals surface area contributed by atoms with Crippen molar-refractivity contribution in [1.29, 1.82) is 0 Å². The SMILES string of the molecule is O=C(COC(=O)c1cc(Cl)ccc1Cl)NC[C@H]1CCCO1. The van der Waals surface area contributed by atoms with Crippen molar-refractivity contribution in [2.24, 2.45) is 0 Å². The van der Waals surface area contributed by atoms with Gasteiger partial charge in [0.1, 0.15) is 0 Å². The number of halogens is 2. The van der Waals surface area contributed by atoms with Crippen LogP contribution in [-0.2, 0) is 14.3 Å². The molecule has 0 unspecified atom stereocenters. The molecule has 0 saturated carbocycles. The van der Waals surface area contributed by atoms with Crippen molar-refractivity contribution in [3.63, 3.8) is 0 Å². The normalized spacial score (nSPS) is 17.5. The van der Waals surface area contributed by atoms with Crippen molar-refractivity contribution >= 4 is 35.1 Å². The molecular weight excluding hydrogens is 317 g/mol. The summed E-state index contributed by atoms with van der Waals surface area (Å²) in [5.41, 5.74) is 0.135. The first kappa shape index (κ1) is 16.1. The third-order valence-corrected chi connectivity index (χ3v) is 3.60. The smallest absolute Gasteiger partial charge is 0.340 e. The van der Waals surface area contributed by atoms with Crippen LogP contribution in [0.15, 0.2) is 18.2 Å².